The molecule has 0 saturated carbocycles. The minimum absolute atomic E-state index is 0.0507. The van der Waals surface area contributed by atoms with Crippen LogP contribution < -0.4 is 5.32 Å². The summed E-state index contributed by atoms with van der Waals surface area (Å²) in [4.78, 5) is 38.2. The molecule has 1 aliphatic heterocycles. The Balaban J connectivity index is 2.00. The molecule has 1 N–H and O–H groups in total. The number of carbonyl (C=O) groups is 3. The molecule has 0 aromatic heterocycles. The van der Waals surface area contributed by atoms with E-state index in [0.717, 1.165) is 5.56 Å². The third kappa shape index (κ3) is 5.52. The lowest BCUT2D eigenvalue weighted by Gasteiger charge is -2.47. The first kappa shape index (κ1) is 22.3. The van der Waals surface area contributed by atoms with Crippen LogP contribution in [0.4, 0.5) is 4.79 Å². The molecule has 1 unspecified atom stereocenters. The summed E-state index contributed by atoms with van der Waals surface area (Å²) in [6.07, 6.45) is -0.303. The Morgan fingerprint density at radius 1 is 1.21 bits per heavy atom. The highest BCUT2D eigenvalue weighted by Crippen LogP contribution is 2.26. The molecule has 1 heterocycles. The summed E-state index contributed by atoms with van der Waals surface area (Å²) in [5.74, 6) is -1.16. The number of nitrogens with zero attached hydrogens (tertiary/aromatic N) is 1. The number of halogens is 2. The molecule has 2 rings (SSSR count). The van der Waals surface area contributed by atoms with Crippen molar-refractivity contribution < 1.29 is 23.9 Å². The molecular weight excluding hydrogens is 407 g/mol. The summed E-state index contributed by atoms with van der Waals surface area (Å²) in [5, 5.41) is 2.32. The van der Waals surface area contributed by atoms with Crippen LogP contribution in [0.1, 0.15) is 26.3 Å². The van der Waals surface area contributed by atoms with E-state index >= 15 is 0 Å². The van der Waals surface area contributed by atoms with Gasteiger partial charge in [-0.15, -0.1) is 11.6 Å². The Morgan fingerprint density at radius 3 is 2.29 bits per heavy atom. The topological polar surface area (TPSA) is 84.9 Å². The lowest BCUT2D eigenvalue weighted by atomic mass is 9.89. The van der Waals surface area contributed by atoms with E-state index in [9.17, 15) is 14.4 Å². The van der Waals surface area contributed by atoms with Crippen molar-refractivity contribution in [3.63, 3.8) is 0 Å². The first-order chi connectivity index (χ1) is 13.0. The lowest BCUT2D eigenvalue weighted by Crippen LogP contribution is -2.76. The van der Waals surface area contributed by atoms with Gasteiger partial charge in [-0.1, -0.05) is 23.7 Å². The minimum atomic E-state index is -1.34. The third-order valence-electron chi connectivity index (χ3n) is 4.12. The van der Waals surface area contributed by atoms with E-state index in [-0.39, 0.29) is 19.5 Å². The maximum Gasteiger partial charge on any atom is 0.410 e. The summed E-state index contributed by atoms with van der Waals surface area (Å²) in [7, 11) is 1.22. The molecule has 0 spiro atoms. The molecule has 2 amide bonds. The second kappa shape index (κ2) is 8.57. The predicted octanol–water partition coefficient (Wildman–Crippen LogP) is 2.77. The highest BCUT2D eigenvalue weighted by molar-refractivity contribution is 6.31. The predicted molar refractivity (Wildman–Crippen MR) is 105 cm³/mol. The summed E-state index contributed by atoms with van der Waals surface area (Å²) < 4.78 is 10.1. The van der Waals surface area contributed by atoms with Crippen LogP contribution in [0.2, 0.25) is 5.02 Å². The molecule has 1 saturated heterocycles. The summed E-state index contributed by atoms with van der Waals surface area (Å²) >= 11 is 12.1. The van der Waals surface area contributed by atoms with E-state index in [4.69, 9.17) is 32.7 Å². The number of esters is 1. The molecule has 7 nitrogen and oxygen atoms in total. The molecule has 0 radical (unpaired) electrons. The van der Waals surface area contributed by atoms with E-state index in [2.05, 4.69) is 5.32 Å². The van der Waals surface area contributed by atoms with Crippen LogP contribution in [0.15, 0.2) is 24.3 Å². The number of likely N-dealkylation sites (tertiary alicyclic amines) is 1. The van der Waals surface area contributed by atoms with Gasteiger partial charge < -0.3 is 19.7 Å². The maximum absolute atomic E-state index is 12.5. The zero-order chi connectivity index (χ0) is 21.1. The van der Waals surface area contributed by atoms with Gasteiger partial charge in [0.1, 0.15) is 11.0 Å². The van der Waals surface area contributed by atoms with Gasteiger partial charge in [0, 0.05) is 5.02 Å². The number of alkyl halides is 1. The van der Waals surface area contributed by atoms with E-state index in [0.29, 0.717) is 5.02 Å². The fourth-order valence-electron chi connectivity index (χ4n) is 2.75. The van der Waals surface area contributed by atoms with Gasteiger partial charge in [-0.2, -0.15) is 0 Å². The van der Waals surface area contributed by atoms with Crippen molar-refractivity contribution in [2.75, 3.05) is 20.2 Å². The number of hydrogen-bond acceptors (Lipinski definition) is 5. The normalized spacial score (nSPS) is 16.6. The number of nitrogens with one attached hydrogen (secondary N) is 1. The molecule has 28 heavy (non-hydrogen) atoms. The molecule has 0 bridgehead atoms. The van der Waals surface area contributed by atoms with Crippen molar-refractivity contribution in [1.29, 1.82) is 0 Å². The number of amides is 2. The third-order valence-corrected chi connectivity index (χ3v) is 4.73. The Morgan fingerprint density at radius 2 is 1.79 bits per heavy atom. The van der Waals surface area contributed by atoms with Crippen LogP contribution in [0.3, 0.4) is 0 Å². The SMILES string of the molecule is COC(=O)C1(NC(=O)C(Cl)Cc2ccc(Cl)cc2)CN(C(=O)OC(C)(C)C)C1. The fourth-order valence-corrected chi connectivity index (χ4v) is 3.11. The van der Waals surface area contributed by atoms with Crippen LogP contribution in [-0.4, -0.2) is 59.6 Å². The molecule has 1 aromatic rings. The van der Waals surface area contributed by atoms with Gasteiger partial charge in [-0.25, -0.2) is 9.59 Å². The summed E-state index contributed by atoms with van der Waals surface area (Å²) in [6.45, 7) is 5.13. The van der Waals surface area contributed by atoms with E-state index in [1.165, 1.54) is 12.0 Å². The second-order valence-corrected chi connectivity index (χ2v) is 8.66. The smallest absolute Gasteiger partial charge is 0.410 e. The van der Waals surface area contributed by atoms with Gasteiger partial charge >= 0.3 is 12.1 Å². The molecule has 1 aliphatic rings. The molecule has 1 aromatic carbocycles. The number of benzene rings is 1. The summed E-state index contributed by atoms with van der Waals surface area (Å²) in [5.41, 5.74) is -1.17. The first-order valence-electron chi connectivity index (χ1n) is 8.73. The van der Waals surface area contributed by atoms with Crippen molar-refractivity contribution >= 4 is 41.2 Å². The van der Waals surface area contributed by atoms with Gasteiger partial charge in [-0.05, 0) is 44.9 Å². The Labute approximate surface area is 174 Å². The van der Waals surface area contributed by atoms with Gasteiger partial charge in [0.05, 0.1) is 20.2 Å². The van der Waals surface area contributed by atoms with Gasteiger partial charge in [0.2, 0.25) is 5.91 Å². The van der Waals surface area contributed by atoms with Gasteiger partial charge in [0.15, 0.2) is 5.54 Å². The number of hydrogen-bond donors (Lipinski definition) is 1. The molecule has 1 atom stereocenters. The zero-order valence-electron chi connectivity index (χ0n) is 16.3. The average molecular weight is 431 g/mol. The molecule has 9 heteroatoms. The lowest BCUT2D eigenvalue weighted by molar-refractivity contribution is -0.158. The van der Waals surface area contributed by atoms with E-state index < -0.39 is 34.5 Å². The maximum atomic E-state index is 12.5. The van der Waals surface area contributed by atoms with E-state index in [1.54, 1.807) is 45.0 Å². The van der Waals surface area contributed by atoms with Gasteiger partial charge in [-0.3, -0.25) is 4.79 Å². The highest BCUT2D eigenvalue weighted by atomic mass is 35.5. The van der Waals surface area contributed by atoms with Crippen LogP contribution in [0, 0.1) is 0 Å². The van der Waals surface area contributed by atoms with Crippen molar-refractivity contribution in [3.05, 3.63) is 34.9 Å². The fraction of sp³-hybridized carbons (Fsp3) is 0.526. The monoisotopic (exact) mass is 430 g/mol. The number of methoxy groups -OCH3 is 1. The van der Waals surface area contributed by atoms with E-state index in [1.807, 2.05) is 0 Å². The molecule has 154 valence electrons. The largest absolute Gasteiger partial charge is 0.467 e. The summed E-state index contributed by atoms with van der Waals surface area (Å²) in [6, 6.07) is 6.96. The van der Waals surface area contributed by atoms with Crippen LogP contribution >= 0.6 is 23.2 Å². The van der Waals surface area contributed by atoms with Crippen molar-refractivity contribution in [1.82, 2.24) is 10.2 Å². The average Bonchev–Trinajstić information content (AvgIpc) is 2.57. The highest BCUT2D eigenvalue weighted by Gasteiger charge is 2.54. The van der Waals surface area contributed by atoms with Crippen molar-refractivity contribution in [3.8, 4) is 0 Å². The number of carbonyl (C=O) groups excluding carboxylic acids is 3. The Kier molecular flexibility index (Phi) is 6.83. The quantitative estimate of drug-likeness (QED) is 0.573. The number of rotatable bonds is 5. The zero-order valence-corrected chi connectivity index (χ0v) is 17.8. The van der Waals surface area contributed by atoms with Crippen molar-refractivity contribution in [2.24, 2.45) is 0 Å². The molecular formula is C19H24Cl2N2O5. The number of ether oxygens (including phenoxy) is 2. The Bertz CT molecular complexity index is 740. The standard InChI is InChI=1S/C19H24Cl2N2O5/c1-18(2,3)28-17(26)23-10-19(11-23,16(25)27-4)22-15(24)14(21)9-12-5-7-13(20)8-6-12/h5-8,14H,9-11H2,1-4H3,(H,22,24). The van der Waals surface area contributed by atoms with Gasteiger partial charge in [0.25, 0.3) is 0 Å². The molecule has 0 aliphatic carbocycles. The molecule has 1 fully saturated rings. The first-order valence-corrected chi connectivity index (χ1v) is 9.54. The van der Waals surface area contributed by atoms with Crippen LogP contribution in [0.25, 0.3) is 0 Å². The second-order valence-electron chi connectivity index (χ2n) is 7.70. The minimum Gasteiger partial charge on any atom is -0.467 e. The van der Waals surface area contributed by atoms with Crippen molar-refractivity contribution in [2.45, 2.75) is 43.7 Å². The Hall–Kier alpha value is -1.99. The van der Waals surface area contributed by atoms with Crippen LogP contribution in [-0.2, 0) is 25.5 Å². The van der Waals surface area contributed by atoms with Crippen LogP contribution in [0.5, 0.6) is 0 Å².